The highest BCUT2D eigenvalue weighted by Crippen LogP contribution is 2.30. The molecule has 10 heteroatoms. The van der Waals surface area contributed by atoms with Gasteiger partial charge in [-0.15, -0.1) is 0 Å². The predicted octanol–water partition coefficient (Wildman–Crippen LogP) is 2.39. The second kappa shape index (κ2) is 8.77. The average Bonchev–Trinajstić information content (AvgIpc) is 3.34. The first-order chi connectivity index (χ1) is 16.3. The van der Waals surface area contributed by atoms with Gasteiger partial charge in [0.15, 0.2) is 0 Å². The van der Waals surface area contributed by atoms with Gasteiger partial charge in [-0.3, -0.25) is 19.7 Å². The zero-order chi connectivity index (χ0) is 24.0. The van der Waals surface area contributed by atoms with Gasteiger partial charge in [-0.1, -0.05) is 6.07 Å². The van der Waals surface area contributed by atoms with Crippen LogP contribution in [-0.2, 0) is 17.9 Å². The largest absolute Gasteiger partial charge is 0.355 e. The van der Waals surface area contributed by atoms with Crippen LogP contribution in [0.1, 0.15) is 28.0 Å². The molecule has 178 valence electrons. The summed E-state index contributed by atoms with van der Waals surface area (Å²) < 4.78 is 29.5. The van der Waals surface area contributed by atoms with Crippen LogP contribution in [0.4, 0.5) is 8.78 Å². The van der Waals surface area contributed by atoms with E-state index in [1.54, 1.807) is 6.07 Å². The lowest BCUT2D eigenvalue weighted by atomic mass is 9.88. The van der Waals surface area contributed by atoms with Crippen LogP contribution in [0.2, 0.25) is 0 Å². The third-order valence-corrected chi connectivity index (χ3v) is 6.81. The molecule has 3 aromatic rings. The van der Waals surface area contributed by atoms with E-state index in [0.717, 1.165) is 36.5 Å². The second-order valence-electron chi connectivity index (χ2n) is 9.07. The molecule has 0 saturated carbocycles. The number of hydroxylamine groups is 2. The molecule has 2 saturated heterocycles. The number of hydrogen-bond donors (Lipinski definition) is 2. The summed E-state index contributed by atoms with van der Waals surface area (Å²) in [5, 5.41) is 13.8. The van der Waals surface area contributed by atoms with E-state index in [1.807, 2.05) is 10.8 Å². The predicted molar refractivity (Wildman–Crippen MR) is 119 cm³/mol. The highest BCUT2D eigenvalue weighted by molar-refractivity contribution is 5.96. The number of amides is 2. The van der Waals surface area contributed by atoms with E-state index in [4.69, 9.17) is 0 Å². The molecule has 34 heavy (non-hydrogen) atoms. The van der Waals surface area contributed by atoms with Crippen LogP contribution in [0.25, 0.3) is 10.9 Å². The molecule has 0 spiro atoms. The Balaban J connectivity index is 1.49. The number of nitrogens with one attached hydrogen (secondary N) is 1. The van der Waals surface area contributed by atoms with Gasteiger partial charge < -0.3 is 9.88 Å². The van der Waals surface area contributed by atoms with Gasteiger partial charge in [-0.2, -0.15) is 0 Å². The molecule has 1 aromatic carbocycles. The molecule has 2 aromatic heterocycles. The summed E-state index contributed by atoms with van der Waals surface area (Å²) in [6.45, 7) is 2.97. The summed E-state index contributed by atoms with van der Waals surface area (Å²) in [5.74, 6) is -1.45. The van der Waals surface area contributed by atoms with Crippen LogP contribution in [0, 0.1) is 23.5 Å². The van der Waals surface area contributed by atoms with Crippen LogP contribution in [0.15, 0.2) is 36.7 Å². The number of nitrogens with zero attached hydrogens (tertiary/aromatic N) is 4. The van der Waals surface area contributed by atoms with Crippen molar-refractivity contribution in [3.63, 3.8) is 0 Å². The summed E-state index contributed by atoms with van der Waals surface area (Å²) in [7, 11) is 1.23. The Labute approximate surface area is 194 Å². The summed E-state index contributed by atoms with van der Waals surface area (Å²) >= 11 is 0. The minimum atomic E-state index is -0.638. The number of pyridine rings is 1. The first-order valence-electron chi connectivity index (χ1n) is 11.2. The van der Waals surface area contributed by atoms with Crippen molar-refractivity contribution in [2.45, 2.75) is 19.5 Å². The number of benzene rings is 1. The fourth-order valence-corrected chi connectivity index (χ4v) is 5.04. The molecule has 2 aliphatic heterocycles. The molecule has 2 aliphatic rings. The van der Waals surface area contributed by atoms with Crippen molar-refractivity contribution in [1.82, 2.24) is 24.8 Å². The molecule has 5 rings (SSSR count). The number of carbonyl (C=O) groups is 2. The Kier molecular flexibility index (Phi) is 5.78. The van der Waals surface area contributed by atoms with Crippen molar-refractivity contribution in [3.05, 3.63) is 65.1 Å². The summed E-state index contributed by atoms with van der Waals surface area (Å²) in [4.78, 5) is 30.7. The molecule has 0 bridgehead atoms. The van der Waals surface area contributed by atoms with Gasteiger partial charge in [0.25, 0.3) is 5.91 Å². The Morgan fingerprint density at radius 1 is 1.26 bits per heavy atom. The molecule has 8 nitrogen and oxygen atoms in total. The molecule has 0 unspecified atom stereocenters. The number of piperidine rings is 1. The smallest absolute Gasteiger partial charge is 0.295 e. The minimum Gasteiger partial charge on any atom is -0.355 e. The zero-order valence-corrected chi connectivity index (χ0v) is 18.7. The molecule has 2 atom stereocenters. The summed E-state index contributed by atoms with van der Waals surface area (Å²) in [5.41, 5.74) is 2.04. The topological polar surface area (TPSA) is 90.7 Å². The average molecular weight is 469 g/mol. The van der Waals surface area contributed by atoms with Crippen molar-refractivity contribution in [1.29, 1.82) is 0 Å². The Morgan fingerprint density at radius 3 is 2.85 bits per heavy atom. The molecule has 2 N–H and O–H groups in total. The number of aromatic nitrogens is 2. The first kappa shape index (κ1) is 22.4. The fourth-order valence-electron chi connectivity index (χ4n) is 5.04. The van der Waals surface area contributed by atoms with Crippen molar-refractivity contribution >= 4 is 22.7 Å². The van der Waals surface area contributed by atoms with Crippen LogP contribution in [0.5, 0.6) is 0 Å². The maximum absolute atomic E-state index is 14.3. The van der Waals surface area contributed by atoms with E-state index >= 15 is 0 Å². The van der Waals surface area contributed by atoms with Crippen molar-refractivity contribution in [2.24, 2.45) is 11.8 Å². The lowest BCUT2D eigenvalue weighted by Gasteiger charge is -2.33. The molecule has 0 aliphatic carbocycles. The maximum atomic E-state index is 14.3. The number of hydrogen-bond acceptors (Lipinski definition) is 5. The van der Waals surface area contributed by atoms with Crippen LogP contribution >= 0.6 is 0 Å². The van der Waals surface area contributed by atoms with Crippen LogP contribution in [0.3, 0.4) is 0 Å². The van der Waals surface area contributed by atoms with E-state index in [-0.39, 0.29) is 30.0 Å². The second-order valence-corrected chi connectivity index (χ2v) is 9.07. The summed E-state index contributed by atoms with van der Waals surface area (Å²) in [6.07, 6.45) is 4.22. The molecule has 0 radical (unpaired) electrons. The van der Waals surface area contributed by atoms with Gasteiger partial charge >= 0.3 is 0 Å². The number of halogens is 2. The first-order valence-corrected chi connectivity index (χ1v) is 11.2. The quantitative estimate of drug-likeness (QED) is 0.442. The van der Waals surface area contributed by atoms with Gasteiger partial charge in [0, 0.05) is 61.7 Å². The van der Waals surface area contributed by atoms with Gasteiger partial charge in [0.05, 0.1) is 18.3 Å². The van der Waals surface area contributed by atoms with Crippen molar-refractivity contribution in [2.75, 3.05) is 26.7 Å². The molecule has 2 amide bonds. The fraction of sp³-hybridized carbons (Fsp3) is 0.375. The number of fused-ring (bicyclic) bond motifs is 2. The minimum absolute atomic E-state index is 0.0626. The lowest BCUT2D eigenvalue weighted by Crippen LogP contribution is -2.40. The van der Waals surface area contributed by atoms with E-state index in [2.05, 4.69) is 15.2 Å². The third-order valence-electron chi connectivity index (χ3n) is 6.81. The van der Waals surface area contributed by atoms with Crippen LogP contribution < -0.4 is 5.32 Å². The normalized spacial score (nSPS) is 20.4. The standard InChI is InChI=1S/C24H25F2N5O3/c1-29(34)24(33)21-7-19-16(11-30-5-4-18-15(10-30)8-28-23(18)32)13-31(22(19)9-27-21)12-14-2-3-17(25)6-20(14)26/h2-3,6-7,9,13,15,18,34H,4-5,8,10-12H2,1H3,(H,28,32)/t15-,18-/m0/s1. The van der Waals surface area contributed by atoms with Gasteiger partial charge in [-0.05, 0) is 30.7 Å². The maximum Gasteiger partial charge on any atom is 0.295 e. The van der Waals surface area contributed by atoms with Crippen molar-refractivity contribution in [3.8, 4) is 0 Å². The van der Waals surface area contributed by atoms with Crippen LogP contribution in [-0.4, -0.2) is 63.2 Å². The molecule has 4 heterocycles. The van der Waals surface area contributed by atoms with E-state index in [0.29, 0.717) is 29.2 Å². The monoisotopic (exact) mass is 469 g/mol. The van der Waals surface area contributed by atoms with E-state index < -0.39 is 17.5 Å². The van der Waals surface area contributed by atoms with E-state index in [1.165, 1.54) is 25.4 Å². The number of carbonyl (C=O) groups excluding carboxylic acids is 2. The van der Waals surface area contributed by atoms with Gasteiger partial charge in [0.1, 0.15) is 17.3 Å². The SMILES string of the molecule is CN(O)C(=O)c1cc2c(CN3CC[C@@H]4C(=O)NC[C@H]4C3)cn(Cc3ccc(F)cc3F)c2cn1. The van der Waals surface area contributed by atoms with E-state index in [9.17, 15) is 23.6 Å². The highest BCUT2D eigenvalue weighted by Gasteiger charge is 2.38. The third kappa shape index (κ3) is 4.14. The Hall–Kier alpha value is -3.37. The Morgan fingerprint density at radius 2 is 2.09 bits per heavy atom. The number of likely N-dealkylation sites (tertiary alicyclic amines) is 1. The summed E-state index contributed by atoms with van der Waals surface area (Å²) in [6, 6.07) is 5.12. The highest BCUT2D eigenvalue weighted by atomic mass is 19.1. The molecule has 2 fully saturated rings. The van der Waals surface area contributed by atoms with Gasteiger partial charge in [0.2, 0.25) is 5.91 Å². The zero-order valence-electron chi connectivity index (χ0n) is 18.7. The Bertz CT molecular complexity index is 1270. The molecular formula is C24H25F2N5O3. The molecular weight excluding hydrogens is 444 g/mol. The lowest BCUT2D eigenvalue weighted by molar-refractivity contribution is -0.124. The van der Waals surface area contributed by atoms with Gasteiger partial charge in [-0.25, -0.2) is 18.8 Å². The number of rotatable bonds is 5. The van der Waals surface area contributed by atoms with Crippen molar-refractivity contribution < 1.29 is 23.6 Å².